The number of esters is 1. The Bertz CT molecular complexity index is 1030. The molecule has 0 radical (unpaired) electrons. The van der Waals surface area contributed by atoms with Gasteiger partial charge in [-0.2, -0.15) is 0 Å². The maximum atomic E-state index is 13.2. The maximum absolute atomic E-state index is 13.2. The van der Waals surface area contributed by atoms with Gasteiger partial charge < -0.3 is 9.47 Å². The van der Waals surface area contributed by atoms with Crippen molar-refractivity contribution in [1.29, 1.82) is 0 Å². The lowest BCUT2D eigenvalue weighted by Gasteiger charge is -2.26. The van der Waals surface area contributed by atoms with E-state index in [0.29, 0.717) is 12.4 Å². The largest absolute Gasteiger partial charge is 0.489 e. The summed E-state index contributed by atoms with van der Waals surface area (Å²) in [6, 6.07) is 16.3. The Morgan fingerprint density at radius 2 is 1.56 bits per heavy atom. The molecule has 5 atom stereocenters. The van der Waals surface area contributed by atoms with Gasteiger partial charge in [0.2, 0.25) is 11.8 Å². The Morgan fingerprint density at radius 1 is 0.938 bits per heavy atom. The Kier molecular flexibility index (Phi) is 5.29. The molecule has 2 aromatic rings. The fraction of sp³-hybridized carbons (Fsp3) is 0.346. The first-order valence-corrected chi connectivity index (χ1v) is 11.0. The molecular formula is C26H25NO5. The molecule has 1 heterocycles. The summed E-state index contributed by atoms with van der Waals surface area (Å²) >= 11 is 0. The molecule has 0 spiro atoms. The third-order valence-corrected chi connectivity index (χ3v) is 6.89. The van der Waals surface area contributed by atoms with Crippen molar-refractivity contribution in [3.8, 4) is 5.75 Å². The van der Waals surface area contributed by atoms with Crippen LogP contribution in [-0.4, -0.2) is 35.8 Å². The van der Waals surface area contributed by atoms with Crippen molar-refractivity contribution in [3.05, 3.63) is 77.9 Å². The first-order valence-electron chi connectivity index (χ1n) is 11.0. The molecule has 0 aromatic heterocycles. The van der Waals surface area contributed by atoms with Crippen LogP contribution in [0.25, 0.3) is 0 Å². The number of amides is 2. The van der Waals surface area contributed by atoms with Crippen molar-refractivity contribution in [2.75, 3.05) is 7.11 Å². The molecule has 2 amide bonds. The average molecular weight is 431 g/mol. The smallest absolute Gasteiger partial charge is 0.329 e. The molecule has 1 saturated carbocycles. The molecule has 0 N–H and O–H groups in total. The van der Waals surface area contributed by atoms with Gasteiger partial charge in [-0.1, -0.05) is 54.6 Å². The molecule has 2 fully saturated rings. The van der Waals surface area contributed by atoms with Gasteiger partial charge in [0.15, 0.2) is 0 Å². The lowest BCUT2D eigenvalue weighted by molar-refractivity contribution is -0.157. The van der Waals surface area contributed by atoms with E-state index in [1.165, 1.54) is 12.0 Å². The number of nitrogens with zero attached hydrogens (tertiary/aromatic N) is 1. The van der Waals surface area contributed by atoms with E-state index >= 15 is 0 Å². The number of fused-ring (bicyclic) bond motifs is 5. The number of benzene rings is 2. The molecule has 5 rings (SSSR count). The molecule has 164 valence electrons. The highest BCUT2D eigenvalue weighted by molar-refractivity contribution is 6.09. The fourth-order valence-electron chi connectivity index (χ4n) is 5.33. The van der Waals surface area contributed by atoms with Crippen LogP contribution in [0.4, 0.5) is 0 Å². The number of carbonyl (C=O) groups is 3. The highest BCUT2D eigenvalue weighted by Gasteiger charge is 2.61. The number of methoxy groups -OCH3 is 1. The van der Waals surface area contributed by atoms with E-state index in [-0.39, 0.29) is 41.9 Å². The second kappa shape index (κ2) is 8.26. The Hall–Kier alpha value is -3.41. The molecule has 1 aliphatic heterocycles. The Balaban J connectivity index is 1.30. The Labute approximate surface area is 186 Å². The van der Waals surface area contributed by atoms with Crippen LogP contribution >= 0.6 is 0 Å². The van der Waals surface area contributed by atoms with Gasteiger partial charge in [0, 0.05) is 6.42 Å². The number of allylic oxidation sites excluding steroid dienone is 2. The lowest BCUT2D eigenvalue weighted by Crippen LogP contribution is -2.48. The van der Waals surface area contributed by atoms with Gasteiger partial charge in [-0.15, -0.1) is 0 Å². The molecule has 1 saturated heterocycles. The summed E-state index contributed by atoms with van der Waals surface area (Å²) in [5, 5.41) is 0. The van der Waals surface area contributed by atoms with Gasteiger partial charge >= 0.3 is 5.97 Å². The predicted molar refractivity (Wildman–Crippen MR) is 116 cm³/mol. The van der Waals surface area contributed by atoms with E-state index in [1.54, 1.807) is 0 Å². The number of rotatable bonds is 7. The summed E-state index contributed by atoms with van der Waals surface area (Å²) < 4.78 is 10.8. The molecule has 2 aromatic carbocycles. The van der Waals surface area contributed by atoms with Crippen LogP contribution in [0.5, 0.6) is 5.75 Å². The maximum Gasteiger partial charge on any atom is 0.329 e. The SMILES string of the molecule is COC(=O)[C@H](Cc1ccc(OCc2ccccc2)cc1)N1C(=O)[C@@H]2[C@H](C1=O)[C@@H]1C=C[C@H]2C1. The number of imide groups is 1. The highest BCUT2D eigenvalue weighted by atomic mass is 16.5. The van der Waals surface area contributed by atoms with Crippen LogP contribution in [0, 0.1) is 23.7 Å². The minimum atomic E-state index is -0.957. The van der Waals surface area contributed by atoms with Gasteiger partial charge in [0.05, 0.1) is 18.9 Å². The summed E-state index contributed by atoms with van der Waals surface area (Å²) in [4.78, 5) is 40.1. The molecular weight excluding hydrogens is 406 g/mol. The van der Waals surface area contributed by atoms with Gasteiger partial charge in [-0.25, -0.2) is 4.79 Å². The topological polar surface area (TPSA) is 72.9 Å². The number of ether oxygens (including phenoxy) is 2. The van der Waals surface area contributed by atoms with Crippen LogP contribution in [0.3, 0.4) is 0 Å². The monoisotopic (exact) mass is 431 g/mol. The minimum absolute atomic E-state index is 0.103. The van der Waals surface area contributed by atoms with Crippen molar-refractivity contribution in [3.63, 3.8) is 0 Å². The van der Waals surface area contributed by atoms with Crippen molar-refractivity contribution in [1.82, 2.24) is 4.90 Å². The normalized spacial score (nSPS) is 26.3. The van der Waals surface area contributed by atoms with E-state index in [9.17, 15) is 14.4 Å². The molecule has 2 aliphatic carbocycles. The van der Waals surface area contributed by atoms with Crippen LogP contribution < -0.4 is 4.74 Å². The molecule has 6 heteroatoms. The van der Waals surface area contributed by atoms with Gasteiger partial charge in [0.25, 0.3) is 0 Å². The van der Waals surface area contributed by atoms with Crippen LogP contribution in [0.15, 0.2) is 66.7 Å². The van der Waals surface area contributed by atoms with Gasteiger partial charge in [0.1, 0.15) is 18.4 Å². The molecule has 6 nitrogen and oxygen atoms in total. The number of hydrogen-bond acceptors (Lipinski definition) is 5. The average Bonchev–Trinajstić information content (AvgIpc) is 3.51. The number of carbonyl (C=O) groups excluding carboxylic acids is 3. The lowest BCUT2D eigenvalue weighted by atomic mass is 9.85. The third kappa shape index (κ3) is 3.49. The summed E-state index contributed by atoms with van der Waals surface area (Å²) in [6.07, 6.45) is 5.16. The number of likely N-dealkylation sites (tertiary alicyclic amines) is 1. The molecule has 3 aliphatic rings. The molecule has 32 heavy (non-hydrogen) atoms. The Morgan fingerprint density at radius 3 is 2.16 bits per heavy atom. The van der Waals surface area contributed by atoms with Crippen LogP contribution in [0.1, 0.15) is 17.5 Å². The first kappa shape index (κ1) is 20.5. The van der Waals surface area contributed by atoms with Crippen molar-refractivity contribution in [2.45, 2.75) is 25.5 Å². The second-order valence-corrected chi connectivity index (χ2v) is 8.71. The highest BCUT2D eigenvalue weighted by Crippen LogP contribution is 2.53. The summed E-state index contributed by atoms with van der Waals surface area (Å²) in [6.45, 7) is 0.459. The van der Waals surface area contributed by atoms with Crippen molar-refractivity contribution >= 4 is 17.8 Å². The zero-order valence-corrected chi connectivity index (χ0v) is 17.8. The minimum Gasteiger partial charge on any atom is -0.489 e. The van der Waals surface area contributed by atoms with E-state index in [4.69, 9.17) is 9.47 Å². The summed E-state index contributed by atoms with van der Waals surface area (Å²) in [7, 11) is 1.28. The van der Waals surface area contributed by atoms with Crippen LogP contribution in [-0.2, 0) is 32.1 Å². The molecule has 2 bridgehead atoms. The van der Waals surface area contributed by atoms with E-state index in [0.717, 1.165) is 17.5 Å². The zero-order valence-electron chi connectivity index (χ0n) is 17.8. The van der Waals surface area contributed by atoms with E-state index in [1.807, 2.05) is 66.7 Å². The van der Waals surface area contributed by atoms with Crippen molar-refractivity contribution in [2.24, 2.45) is 23.7 Å². The second-order valence-electron chi connectivity index (χ2n) is 8.71. The first-order chi connectivity index (χ1) is 15.6. The standard InChI is InChI=1S/C26H25NO5/c1-31-26(30)21(27-24(28)22-18-9-10-19(14-18)23(22)25(27)29)13-16-7-11-20(12-8-16)32-15-17-5-3-2-4-6-17/h2-12,18-19,21-23H,13-15H2,1H3/t18-,19+,21-,22-,23+/m0/s1. The van der Waals surface area contributed by atoms with E-state index < -0.39 is 12.0 Å². The summed E-state index contributed by atoms with van der Waals surface area (Å²) in [5.74, 6) is -0.812. The van der Waals surface area contributed by atoms with Gasteiger partial charge in [-0.05, 0) is 41.5 Å². The van der Waals surface area contributed by atoms with Crippen LogP contribution in [0.2, 0.25) is 0 Å². The summed E-state index contributed by atoms with van der Waals surface area (Å²) in [5.41, 5.74) is 1.90. The predicted octanol–water partition coefficient (Wildman–Crippen LogP) is 3.16. The quantitative estimate of drug-likeness (QED) is 0.383. The van der Waals surface area contributed by atoms with Crippen molar-refractivity contribution < 1.29 is 23.9 Å². The van der Waals surface area contributed by atoms with E-state index in [2.05, 4.69) is 0 Å². The molecule has 0 unspecified atom stereocenters. The zero-order chi connectivity index (χ0) is 22.2. The fourth-order valence-corrected chi connectivity index (χ4v) is 5.33. The number of hydrogen-bond donors (Lipinski definition) is 0. The van der Waals surface area contributed by atoms with Gasteiger partial charge in [-0.3, -0.25) is 14.5 Å². The third-order valence-electron chi connectivity index (χ3n) is 6.89.